The van der Waals surface area contributed by atoms with Crippen molar-refractivity contribution in [3.63, 3.8) is 0 Å². The van der Waals surface area contributed by atoms with Crippen LogP contribution in [0.15, 0.2) is 78.9 Å². The molecule has 0 aliphatic carbocycles. The van der Waals surface area contributed by atoms with Crippen LogP contribution >= 0.6 is 11.6 Å². The van der Waals surface area contributed by atoms with Gasteiger partial charge in [-0.25, -0.2) is 4.98 Å². The number of aromatic nitrogens is 2. The van der Waals surface area contributed by atoms with Crippen LogP contribution in [0, 0.1) is 11.3 Å². The number of rotatable bonds is 8. The number of methoxy groups -OCH3 is 1. The number of nitriles is 1. The second-order valence-electron chi connectivity index (χ2n) is 12.3. The van der Waals surface area contributed by atoms with Crippen molar-refractivity contribution < 1.29 is 4.74 Å². The maximum absolute atomic E-state index is 9.99. The van der Waals surface area contributed by atoms with Crippen molar-refractivity contribution in [2.75, 3.05) is 30.8 Å². The van der Waals surface area contributed by atoms with E-state index in [0.29, 0.717) is 44.8 Å². The van der Waals surface area contributed by atoms with Crippen molar-refractivity contribution in [3.05, 3.63) is 95.0 Å². The molecule has 2 aliphatic rings. The molecule has 4 N–H and O–H groups in total. The molecule has 11 heteroatoms. The van der Waals surface area contributed by atoms with Crippen LogP contribution in [0.25, 0.3) is 10.9 Å². The predicted molar refractivity (Wildman–Crippen MR) is 179 cm³/mol. The van der Waals surface area contributed by atoms with Gasteiger partial charge in [-0.1, -0.05) is 41.9 Å². The summed E-state index contributed by atoms with van der Waals surface area (Å²) in [7, 11) is 1.56. The van der Waals surface area contributed by atoms with Crippen LogP contribution in [0.5, 0.6) is 5.88 Å². The topological polar surface area (TPSA) is 113 Å². The van der Waals surface area contributed by atoms with Crippen LogP contribution in [0.1, 0.15) is 50.8 Å². The molecule has 4 aromatic rings. The van der Waals surface area contributed by atoms with Crippen molar-refractivity contribution in [1.29, 1.82) is 5.26 Å². The number of anilines is 3. The molecule has 2 aromatic carbocycles. The highest BCUT2D eigenvalue weighted by Gasteiger charge is 2.32. The number of ether oxygens (including phenoxy) is 1. The monoisotopic (exact) mass is 623 g/mol. The Morgan fingerprint density at radius 2 is 1.87 bits per heavy atom. The Balaban J connectivity index is 1.33. The van der Waals surface area contributed by atoms with E-state index in [2.05, 4.69) is 86.6 Å². The maximum Gasteiger partial charge on any atom is 0.237 e. The molecule has 0 amide bonds. The van der Waals surface area contributed by atoms with Gasteiger partial charge in [-0.05, 0) is 63.4 Å². The maximum atomic E-state index is 9.99. The Hall–Kier alpha value is -4.56. The zero-order chi connectivity index (χ0) is 31.6. The van der Waals surface area contributed by atoms with Crippen molar-refractivity contribution in [2.45, 2.75) is 51.2 Å². The fourth-order valence-electron chi connectivity index (χ4n) is 6.00. The Bertz CT molecular complexity index is 1740. The number of likely N-dealkylation sites (tertiary alicyclic amines) is 1. The summed E-state index contributed by atoms with van der Waals surface area (Å²) in [5, 5.41) is 20.4. The molecule has 0 bridgehead atoms. The summed E-state index contributed by atoms with van der Waals surface area (Å²) >= 11 is 6.84. The number of nitrogens with zero attached hydrogens (tertiary/aromatic N) is 5. The Morgan fingerprint density at radius 1 is 1.09 bits per heavy atom. The molecular weight excluding hydrogens is 586 g/mol. The smallest absolute Gasteiger partial charge is 0.237 e. The minimum atomic E-state index is -0.214. The van der Waals surface area contributed by atoms with Crippen LogP contribution in [0.2, 0.25) is 5.02 Å². The average Bonchev–Trinajstić information content (AvgIpc) is 3.54. The molecule has 4 heterocycles. The molecule has 0 unspecified atom stereocenters. The first-order valence-electron chi connectivity index (χ1n) is 15.1. The minimum Gasteiger partial charge on any atom is -0.480 e. The number of halogens is 1. The zero-order valence-corrected chi connectivity index (χ0v) is 26.7. The third-order valence-electron chi connectivity index (χ3n) is 8.44. The average molecular weight is 624 g/mol. The van der Waals surface area contributed by atoms with Gasteiger partial charge in [-0.3, -0.25) is 14.9 Å². The summed E-state index contributed by atoms with van der Waals surface area (Å²) in [6, 6.07) is 20.2. The molecule has 0 radical (unpaired) electrons. The highest BCUT2D eigenvalue weighted by molar-refractivity contribution is 6.36. The van der Waals surface area contributed by atoms with E-state index in [1.807, 2.05) is 36.4 Å². The number of hydrogen-bond acceptors (Lipinski definition) is 10. The summed E-state index contributed by atoms with van der Waals surface area (Å²) in [5.41, 5.74) is 12.0. The van der Waals surface area contributed by atoms with E-state index in [0.717, 1.165) is 42.9 Å². The van der Waals surface area contributed by atoms with E-state index < -0.39 is 0 Å². The SMILES string of the molecule is COc1ncccc1Nc1c(C#N)cnc2c(Cl)cc(N[C@H](C3=CN(C4CCN(C(C)(C)C)CC4)NN3)c3ccccc3)cc12. The second kappa shape index (κ2) is 12.8. The van der Waals surface area contributed by atoms with Gasteiger partial charge in [0, 0.05) is 54.3 Å². The lowest BCUT2D eigenvalue weighted by Crippen LogP contribution is -2.52. The van der Waals surface area contributed by atoms with Crippen molar-refractivity contribution in [1.82, 2.24) is 30.8 Å². The van der Waals surface area contributed by atoms with E-state index >= 15 is 0 Å². The first-order chi connectivity index (χ1) is 21.7. The van der Waals surface area contributed by atoms with Gasteiger partial charge in [0.1, 0.15) is 11.8 Å². The van der Waals surface area contributed by atoms with Crippen molar-refractivity contribution in [2.24, 2.45) is 0 Å². The quantitative estimate of drug-likeness (QED) is 0.174. The standard InChI is InChI=1S/C34H38ClN9O/c1-34(2,3)43-15-12-25(13-16-43)44-21-29(41-42-44)31(22-9-6-5-7-10-22)39-24-17-26-30(40-28-11-8-14-37-33(28)45-4)23(19-36)20-38-32(26)27(35)18-24/h5-11,14,17-18,20-21,25,31,39,41-42H,12-13,15-16H2,1-4H3,(H,38,40)/t31-/m0/s1. The van der Waals surface area contributed by atoms with Gasteiger partial charge in [0.05, 0.1) is 40.6 Å². The largest absolute Gasteiger partial charge is 0.480 e. The molecule has 6 rings (SSSR count). The van der Waals surface area contributed by atoms with Crippen LogP contribution < -0.4 is 26.3 Å². The lowest BCUT2D eigenvalue weighted by Gasteiger charge is -2.42. The summed E-state index contributed by atoms with van der Waals surface area (Å²) < 4.78 is 5.45. The fraction of sp³-hybridized carbons (Fsp3) is 0.324. The number of piperidine rings is 1. The summed E-state index contributed by atoms with van der Waals surface area (Å²) in [5.74, 6) is 0.413. The summed E-state index contributed by atoms with van der Waals surface area (Å²) in [6.45, 7) is 8.96. The Kier molecular flexibility index (Phi) is 8.67. The van der Waals surface area contributed by atoms with Crippen LogP contribution in [-0.2, 0) is 0 Å². The van der Waals surface area contributed by atoms with Gasteiger partial charge in [0.2, 0.25) is 5.88 Å². The molecule has 0 spiro atoms. The van der Waals surface area contributed by atoms with Crippen LogP contribution in [0.4, 0.5) is 17.1 Å². The summed E-state index contributed by atoms with van der Waals surface area (Å²) in [6.07, 6.45) is 7.50. The molecule has 0 saturated carbocycles. The first-order valence-corrected chi connectivity index (χ1v) is 15.5. The van der Waals surface area contributed by atoms with Gasteiger partial charge in [0.15, 0.2) is 0 Å². The molecule has 1 atom stereocenters. The van der Waals surface area contributed by atoms with Crippen molar-refractivity contribution >= 4 is 39.6 Å². The Labute approximate surface area is 269 Å². The highest BCUT2D eigenvalue weighted by Crippen LogP contribution is 2.38. The highest BCUT2D eigenvalue weighted by atomic mass is 35.5. The lowest BCUT2D eigenvalue weighted by atomic mass is 9.98. The third-order valence-corrected chi connectivity index (χ3v) is 8.73. The summed E-state index contributed by atoms with van der Waals surface area (Å²) in [4.78, 5) is 11.4. The van der Waals surface area contributed by atoms with E-state index in [1.165, 1.54) is 6.20 Å². The first kappa shape index (κ1) is 30.5. The molecule has 10 nitrogen and oxygen atoms in total. The minimum absolute atomic E-state index is 0.176. The molecule has 2 aromatic heterocycles. The van der Waals surface area contributed by atoms with E-state index in [9.17, 15) is 5.26 Å². The predicted octanol–water partition coefficient (Wildman–Crippen LogP) is 6.49. The molecule has 45 heavy (non-hydrogen) atoms. The molecule has 232 valence electrons. The number of hydrazine groups is 2. The van der Waals surface area contributed by atoms with E-state index in [4.69, 9.17) is 16.3 Å². The van der Waals surface area contributed by atoms with Gasteiger partial charge in [0.25, 0.3) is 0 Å². The third kappa shape index (κ3) is 6.47. The van der Waals surface area contributed by atoms with E-state index in [-0.39, 0.29) is 11.6 Å². The zero-order valence-electron chi connectivity index (χ0n) is 25.9. The number of nitrogens with one attached hydrogen (secondary N) is 4. The van der Waals surface area contributed by atoms with Crippen LogP contribution in [0.3, 0.4) is 0 Å². The van der Waals surface area contributed by atoms with Gasteiger partial charge in [-0.15, -0.1) is 5.53 Å². The molecular formula is C34H38ClN9O. The Morgan fingerprint density at radius 3 is 2.58 bits per heavy atom. The van der Waals surface area contributed by atoms with Crippen molar-refractivity contribution in [3.8, 4) is 11.9 Å². The lowest BCUT2D eigenvalue weighted by molar-refractivity contribution is 0.0570. The van der Waals surface area contributed by atoms with E-state index in [1.54, 1.807) is 19.4 Å². The molecule has 1 saturated heterocycles. The fourth-order valence-corrected chi connectivity index (χ4v) is 6.27. The van der Waals surface area contributed by atoms with Gasteiger partial charge in [-0.2, -0.15) is 5.26 Å². The second-order valence-corrected chi connectivity index (χ2v) is 12.7. The molecule has 1 fully saturated rings. The van der Waals surface area contributed by atoms with Gasteiger partial charge < -0.3 is 20.8 Å². The number of pyridine rings is 2. The number of fused-ring (bicyclic) bond motifs is 1. The molecule has 2 aliphatic heterocycles. The normalized spacial score (nSPS) is 16.5. The van der Waals surface area contributed by atoms with Crippen LogP contribution in [-0.4, -0.2) is 51.7 Å². The number of hydrogen-bond donors (Lipinski definition) is 4. The van der Waals surface area contributed by atoms with Gasteiger partial charge >= 0.3 is 0 Å². The number of benzene rings is 2.